The predicted octanol–water partition coefficient (Wildman–Crippen LogP) is 4.56. The van der Waals surface area contributed by atoms with Crippen LogP contribution in [-0.4, -0.2) is 4.98 Å². The number of rotatable bonds is 3. The second-order valence-electron chi connectivity index (χ2n) is 3.96. The SMILES string of the molecule is Clc1cccc(NCc2csc3ccccc23)n1. The van der Waals surface area contributed by atoms with Crippen molar-refractivity contribution in [1.82, 2.24) is 4.98 Å². The Bertz CT molecular complexity index is 678. The van der Waals surface area contributed by atoms with E-state index >= 15 is 0 Å². The Balaban J connectivity index is 1.81. The fraction of sp³-hybridized carbons (Fsp3) is 0.0714. The summed E-state index contributed by atoms with van der Waals surface area (Å²) in [5, 5.41) is 7.29. The Morgan fingerprint density at radius 1 is 1.11 bits per heavy atom. The highest BCUT2D eigenvalue weighted by molar-refractivity contribution is 7.17. The summed E-state index contributed by atoms with van der Waals surface area (Å²) in [6, 6.07) is 14.0. The van der Waals surface area contributed by atoms with Gasteiger partial charge < -0.3 is 5.32 Å². The molecule has 0 aliphatic heterocycles. The molecule has 1 aromatic carbocycles. The first-order valence-electron chi connectivity index (χ1n) is 5.64. The van der Waals surface area contributed by atoms with E-state index in [9.17, 15) is 0 Å². The molecule has 0 amide bonds. The van der Waals surface area contributed by atoms with Crippen LogP contribution in [0.2, 0.25) is 5.15 Å². The molecule has 0 atom stereocenters. The first kappa shape index (κ1) is 11.5. The molecule has 0 aliphatic carbocycles. The molecule has 0 saturated heterocycles. The van der Waals surface area contributed by atoms with Gasteiger partial charge in [0.2, 0.25) is 0 Å². The van der Waals surface area contributed by atoms with Crippen LogP contribution in [0.3, 0.4) is 0 Å². The van der Waals surface area contributed by atoms with Gasteiger partial charge in [-0.15, -0.1) is 11.3 Å². The maximum absolute atomic E-state index is 5.85. The summed E-state index contributed by atoms with van der Waals surface area (Å²) in [5.41, 5.74) is 1.29. The zero-order valence-electron chi connectivity index (χ0n) is 9.56. The maximum Gasteiger partial charge on any atom is 0.131 e. The average Bonchev–Trinajstić information content (AvgIpc) is 2.80. The lowest BCUT2D eigenvalue weighted by Crippen LogP contribution is -2.00. The molecule has 0 aliphatic rings. The van der Waals surface area contributed by atoms with Gasteiger partial charge in [0, 0.05) is 11.2 Å². The highest BCUT2D eigenvalue weighted by Crippen LogP contribution is 2.26. The smallest absolute Gasteiger partial charge is 0.131 e. The number of nitrogens with one attached hydrogen (secondary N) is 1. The molecule has 3 aromatic rings. The van der Waals surface area contributed by atoms with Gasteiger partial charge in [0.05, 0.1) is 0 Å². The highest BCUT2D eigenvalue weighted by Gasteiger charge is 2.03. The number of hydrogen-bond donors (Lipinski definition) is 1. The molecule has 0 spiro atoms. The van der Waals surface area contributed by atoms with E-state index in [4.69, 9.17) is 11.6 Å². The number of pyridine rings is 1. The van der Waals surface area contributed by atoms with Crippen molar-refractivity contribution in [3.05, 3.63) is 58.6 Å². The molecule has 0 unspecified atom stereocenters. The maximum atomic E-state index is 5.85. The minimum absolute atomic E-state index is 0.509. The van der Waals surface area contributed by atoms with Crippen LogP contribution < -0.4 is 5.32 Å². The number of hydrogen-bond acceptors (Lipinski definition) is 3. The zero-order chi connectivity index (χ0) is 12.4. The summed E-state index contributed by atoms with van der Waals surface area (Å²) in [7, 11) is 0. The van der Waals surface area contributed by atoms with Gasteiger partial charge in [-0.2, -0.15) is 0 Å². The largest absolute Gasteiger partial charge is 0.366 e. The molecule has 90 valence electrons. The van der Waals surface area contributed by atoms with E-state index in [1.54, 1.807) is 17.4 Å². The Morgan fingerprint density at radius 3 is 2.89 bits per heavy atom. The summed E-state index contributed by atoms with van der Waals surface area (Å²) < 4.78 is 1.31. The van der Waals surface area contributed by atoms with Crippen LogP contribution in [0, 0.1) is 0 Å². The molecular weight excluding hydrogens is 264 g/mol. The van der Waals surface area contributed by atoms with Gasteiger partial charge in [0.25, 0.3) is 0 Å². The molecule has 0 bridgehead atoms. The van der Waals surface area contributed by atoms with Gasteiger partial charge in [-0.05, 0) is 34.5 Å². The highest BCUT2D eigenvalue weighted by atomic mass is 35.5. The third-order valence-corrected chi connectivity index (χ3v) is 3.96. The Labute approximate surface area is 114 Å². The summed E-state index contributed by atoms with van der Waals surface area (Å²) in [6.07, 6.45) is 0. The van der Waals surface area contributed by atoms with E-state index in [1.165, 1.54) is 15.6 Å². The summed E-state index contributed by atoms with van der Waals surface area (Å²) in [4.78, 5) is 4.21. The number of anilines is 1. The van der Waals surface area contributed by atoms with Gasteiger partial charge in [-0.25, -0.2) is 4.98 Å². The number of nitrogens with zero attached hydrogens (tertiary/aromatic N) is 1. The molecule has 18 heavy (non-hydrogen) atoms. The standard InChI is InChI=1S/C14H11ClN2S/c15-13-6-3-7-14(17-13)16-8-10-9-18-12-5-2-1-4-11(10)12/h1-7,9H,8H2,(H,16,17). The van der Waals surface area contributed by atoms with E-state index in [1.807, 2.05) is 12.1 Å². The minimum atomic E-state index is 0.509. The van der Waals surface area contributed by atoms with Gasteiger partial charge >= 0.3 is 0 Å². The number of thiophene rings is 1. The second-order valence-corrected chi connectivity index (χ2v) is 5.25. The molecule has 2 aromatic heterocycles. The lowest BCUT2D eigenvalue weighted by molar-refractivity contribution is 1.13. The van der Waals surface area contributed by atoms with Crippen LogP contribution in [0.5, 0.6) is 0 Å². The van der Waals surface area contributed by atoms with E-state index in [2.05, 4.69) is 39.9 Å². The summed E-state index contributed by atoms with van der Waals surface area (Å²) in [6.45, 7) is 0.761. The monoisotopic (exact) mass is 274 g/mol. The van der Waals surface area contributed by atoms with Crippen LogP contribution in [-0.2, 0) is 6.54 Å². The average molecular weight is 275 g/mol. The minimum Gasteiger partial charge on any atom is -0.366 e. The van der Waals surface area contributed by atoms with Crippen LogP contribution in [0.15, 0.2) is 47.8 Å². The van der Waals surface area contributed by atoms with Crippen molar-refractivity contribution < 1.29 is 0 Å². The van der Waals surface area contributed by atoms with Gasteiger partial charge in [0.15, 0.2) is 0 Å². The second kappa shape index (κ2) is 4.96. The topological polar surface area (TPSA) is 24.9 Å². The summed E-state index contributed by atoms with van der Waals surface area (Å²) in [5.74, 6) is 0.804. The van der Waals surface area contributed by atoms with Crippen molar-refractivity contribution in [2.45, 2.75) is 6.54 Å². The van der Waals surface area contributed by atoms with Gasteiger partial charge in [-0.3, -0.25) is 0 Å². The van der Waals surface area contributed by atoms with E-state index < -0.39 is 0 Å². The lowest BCUT2D eigenvalue weighted by Gasteiger charge is -2.04. The van der Waals surface area contributed by atoms with Crippen molar-refractivity contribution in [1.29, 1.82) is 0 Å². The number of fused-ring (bicyclic) bond motifs is 1. The fourth-order valence-corrected chi connectivity index (χ4v) is 2.99. The van der Waals surface area contributed by atoms with Crippen LogP contribution >= 0.6 is 22.9 Å². The number of benzene rings is 1. The third kappa shape index (κ3) is 2.33. The molecule has 1 N–H and O–H groups in total. The number of halogens is 1. The zero-order valence-corrected chi connectivity index (χ0v) is 11.1. The van der Waals surface area contributed by atoms with Crippen molar-refractivity contribution in [2.75, 3.05) is 5.32 Å². The first-order valence-corrected chi connectivity index (χ1v) is 6.90. The normalized spacial score (nSPS) is 10.7. The molecular formula is C14H11ClN2S. The molecule has 0 fully saturated rings. The predicted molar refractivity (Wildman–Crippen MR) is 78.4 cm³/mol. The van der Waals surface area contributed by atoms with Gasteiger partial charge in [-0.1, -0.05) is 35.9 Å². The van der Waals surface area contributed by atoms with Gasteiger partial charge in [0.1, 0.15) is 11.0 Å². The van der Waals surface area contributed by atoms with E-state index in [-0.39, 0.29) is 0 Å². The Morgan fingerprint density at radius 2 is 2.00 bits per heavy atom. The van der Waals surface area contributed by atoms with Crippen LogP contribution in [0.4, 0.5) is 5.82 Å². The van der Waals surface area contributed by atoms with Crippen LogP contribution in [0.25, 0.3) is 10.1 Å². The summed E-state index contributed by atoms with van der Waals surface area (Å²) >= 11 is 7.62. The third-order valence-electron chi connectivity index (χ3n) is 2.74. The van der Waals surface area contributed by atoms with Crippen molar-refractivity contribution in [3.63, 3.8) is 0 Å². The Hall–Kier alpha value is -1.58. The Kier molecular flexibility index (Phi) is 3.17. The molecule has 3 rings (SSSR count). The molecule has 2 heterocycles. The quantitative estimate of drug-likeness (QED) is 0.708. The molecule has 0 saturated carbocycles. The van der Waals surface area contributed by atoms with E-state index in [0.717, 1.165) is 12.4 Å². The van der Waals surface area contributed by atoms with Crippen LogP contribution in [0.1, 0.15) is 5.56 Å². The molecule has 0 radical (unpaired) electrons. The fourth-order valence-electron chi connectivity index (χ4n) is 1.86. The molecule has 4 heteroatoms. The van der Waals surface area contributed by atoms with Crippen molar-refractivity contribution in [3.8, 4) is 0 Å². The number of aromatic nitrogens is 1. The van der Waals surface area contributed by atoms with E-state index in [0.29, 0.717) is 5.15 Å². The van der Waals surface area contributed by atoms with Crippen molar-refractivity contribution in [2.24, 2.45) is 0 Å². The van der Waals surface area contributed by atoms with Crippen molar-refractivity contribution >= 4 is 38.8 Å². The molecule has 2 nitrogen and oxygen atoms in total. The first-order chi connectivity index (χ1) is 8.83. The lowest BCUT2D eigenvalue weighted by atomic mass is 10.2.